The van der Waals surface area contributed by atoms with Gasteiger partial charge in [-0.05, 0) is 44.2 Å². The van der Waals surface area contributed by atoms with Gasteiger partial charge in [0, 0.05) is 24.7 Å². The van der Waals surface area contributed by atoms with E-state index in [9.17, 15) is 9.59 Å². The molecule has 0 N–H and O–H groups in total. The number of amides is 1. The molecule has 1 aliphatic rings. The average molecular weight is 345 g/mol. The van der Waals surface area contributed by atoms with Gasteiger partial charge in [0.2, 0.25) is 5.91 Å². The van der Waals surface area contributed by atoms with Crippen LogP contribution in [0.5, 0.6) is 5.75 Å². The number of hydrogen-bond donors (Lipinski definition) is 0. The van der Waals surface area contributed by atoms with Crippen LogP contribution in [0.15, 0.2) is 30.3 Å². The summed E-state index contributed by atoms with van der Waals surface area (Å²) in [4.78, 5) is 26.0. The Hall–Kier alpha value is -2.30. The second-order valence-electron chi connectivity index (χ2n) is 6.68. The van der Waals surface area contributed by atoms with Crippen LogP contribution >= 0.6 is 0 Å². The number of piperidine rings is 1. The fourth-order valence-electron chi connectivity index (χ4n) is 2.49. The minimum atomic E-state index is -0.732. The minimum Gasteiger partial charge on any atom is -0.431 e. The molecule has 1 aromatic rings. The van der Waals surface area contributed by atoms with Crippen LogP contribution in [0.3, 0.4) is 0 Å². The monoisotopic (exact) mass is 345 g/mol. The van der Waals surface area contributed by atoms with Gasteiger partial charge in [-0.15, -0.1) is 0 Å². The van der Waals surface area contributed by atoms with Gasteiger partial charge in [0.25, 0.3) is 0 Å². The predicted octanol–water partition coefficient (Wildman–Crippen LogP) is 4.27. The summed E-state index contributed by atoms with van der Waals surface area (Å²) in [5.74, 6) is 0.585. The van der Waals surface area contributed by atoms with Gasteiger partial charge < -0.3 is 14.4 Å². The molecule has 0 saturated carbocycles. The lowest BCUT2D eigenvalue weighted by Crippen LogP contribution is -2.34. The average Bonchev–Trinajstić information content (AvgIpc) is 2.61. The standard InChI is InChI=1S/C20H27NO4/c1-15(2)16(3)24-20(23)25-18-10-6-5-9-17(18)11-12-19(22)21-13-7-4-8-14-21/h5-6,9-12,15-16H,4,7-8,13-14H2,1-3H3/b12-11+/t16-/m0/s1. The highest BCUT2D eigenvalue weighted by atomic mass is 16.7. The Kier molecular flexibility index (Phi) is 7.04. The van der Waals surface area contributed by atoms with Gasteiger partial charge in [-0.3, -0.25) is 4.79 Å². The molecule has 0 spiro atoms. The van der Waals surface area contributed by atoms with Gasteiger partial charge in [-0.2, -0.15) is 0 Å². The molecule has 1 atom stereocenters. The van der Waals surface area contributed by atoms with Crippen LogP contribution in [0.2, 0.25) is 0 Å². The Morgan fingerprint density at radius 3 is 2.44 bits per heavy atom. The first kappa shape index (κ1) is 19.0. The Morgan fingerprint density at radius 1 is 1.08 bits per heavy atom. The second kappa shape index (κ2) is 9.25. The number of ether oxygens (including phenoxy) is 2. The van der Waals surface area contributed by atoms with Gasteiger partial charge in [-0.25, -0.2) is 4.79 Å². The largest absolute Gasteiger partial charge is 0.514 e. The van der Waals surface area contributed by atoms with Crippen molar-refractivity contribution in [3.63, 3.8) is 0 Å². The van der Waals surface area contributed by atoms with Crippen LogP contribution in [0, 0.1) is 5.92 Å². The molecule has 1 aromatic carbocycles. The van der Waals surface area contributed by atoms with Crippen molar-refractivity contribution in [1.82, 2.24) is 4.90 Å². The normalized spacial score (nSPS) is 16.1. The predicted molar refractivity (Wildman–Crippen MR) is 97.3 cm³/mol. The van der Waals surface area contributed by atoms with Crippen molar-refractivity contribution in [3.05, 3.63) is 35.9 Å². The summed E-state index contributed by atoms with van der Waals surface area (Å²) in [5, 5.41) is 0. The smallest absolute Gasteiger partial charge is 0.431 e. The van der Waals surface area contributed by atoms with E-state index in [0.717, 1.165) is 25.9 Å². The van der Waals surface area contributed by atoms with Crippen LogP contribution in [-0.4, -0.2) is 36.2 Å². The van der Waals surface area contributed by atoms with Crippen molar-refractivity contribution in [2.45, 2.75) is 46.1 Å². The molecule has 1 amide bonds. The first-order valence-corrected chi connectivity index (χ1v) is 8.92. The molecule has 1 aliphatic heterocycles. The van der Waals surface area contributed by atoms with E-state index in [-0.39, 0.29) is 17.9 Å². The molecule has 0 aliphatic carbocycles. The van der Waals surface area contributed by atoms with E-state index in [2.05, 4.69) is 0 Å². The Morgan fingerprint density at radius 2 is 1.76 bits per heavy atom. The number of benzene rings is 1. The van der Waals surface area contributed by atoms with Gasteiger partial charge in [0.15, 0.2) is 0 Å². The summed E-state index contributed by atoms with van der Waals surface area (Å²) < 4.78 is 10.5. The fraction of sp³-hybridized carbons (Fsp3) is 0.500. The molecular weight excluding hydrogens is 318 g/mol. The first-order valence-electron chi connectivity index (χ1n) is 8.92. The van der Waals surface area contributed by atoms with Crippen molar-refractivity contribution in [2.24, 2.45) is 5.92 Å². The van der Waals surface area contributed by atoms with Gasteiger partial charge in [0.05, 0.1) is 0 Å². The maximum Gasteiger partial charge on any atom is 0.514 e. The topological polar surface area (TPSA) is 55.8 Å². The molecule has 0 unspecified atom stereocenters. The minimum absolute atomic E-state index is 0.00879. The number of likely N-dealkylation sites (tertiary alicyclic amines) is 1. The number of para-hydroxylation sites is 1. The van der Waals surface area contributed by atoms with E-state index in [1.54, 1.807) is 24.3 Å². The summed E-state index contributed by atoms with van der Waals surface area (Å²) >= 11 is 0. The third-order valence-electron chi connectivity index (χ3n) is 4.41. The maximum atomic E-state index is 12.2. The SMILES string of the molecule is CC(C)[C@H](C)OC(=O)Oc1ccccc1/C=C/C(=O)N1CCCCC1. The summed E-state index contributed by atoms with van der Waals surface area (Å²) in [6.07, 6.45) is 5.56. The zero-order valence-corrected chi connectivity index (χ0v) is 15.2. The van der Waals surface area contributed by atoms with Gasteiger partial charge in [-0.1, -0.05) is 32.0 Å². The lowest BCUT2D eigenvalue weighted by atomic mass is 10.1. The van der Waals surface area contributed by atoms with Crippen molar-refractivity contribution < 1.29 is 19.1 Å². The first-order chi connectivity index (χ1) is 12.0. The molecular formula is C20H27NO4. The second-order valence-corrected chi connectivity index (χ2v) is 6.68. The van der Waals surface area contributed by atoms with Crippen LogP contribution < -0.4 is 4.74 Å². The summed E-state index contributed by atoms with van der Waals surface area (Å²) in [7, 11) is 0. The molecule has 0 radical (unpaired) electrons. The van der Waals surface area contributed by atoms with Crippen molar-refractivity contribution in [3.8, 4) is 5.75 Å². The summed E-state index contributed by atoms with van der Waals surface area (Å²) in [6, 6.07) is 7.10. The Balaban J connectivity index is 2.00. The van der Waals surface area contributed by atoms with Crippen molar-refractivity contribution >= 4 is 18.1 Å². The number of nitrogens with zero attached hydrogens (tertiary/aromatic N) is 1. The quantitative estimate of drug-likeness (QED) is 0.454. The highest BCUT2D eigenvalue weighted by Crippen LogP contribution is 2.21. The molecule has 2 rings (SSSR count). The zero-order valence-electron chi connectivity index (χ0n) is 15.2. The van der Waals surface area contributed by atoms with Crippen molar-refractivity contribution in [2.75, 3.05) is 13.1 Å². The third-order valence-corrected chi connectivity index (χ3v) is 4.41. The van der Waals surface area contributed by atoms with Gasteiger partial charge in [0.1, 0.15) is 11.9 Å². The van der Waals surface area contributed by atoms with E-state index in [1.807, 2.05) is 31.7 Å². The molecule has 1 saturated heterocycles. The maximum absolute atomic E-state index is 12.2. The van der Waals surface area contributed by atoms with E-state index >= 15 is 0 Å². The lowest BCUT2D eigenvalue weighted by molar-refractivity contribution is -0.126. The fourth-order valence-corrected chi connectivity index (χ4v) is 2.49. The van der Waals surface area contributed by atoms with Crippen LogP contribution in [0.4, 0.5) is 4.79 Å². The molecule has 1 heterocycles. The third kappa shape index (κ3) is 5.93. The number of carbonyl (C=O) groups excluding carboxylic acids is 2. The summed E-state index contributed by atoms with van der Waals surface area (Å²) in [6.45, 7) is 7.39. The zero-order chi connectivity index (χ0) is 18.2. The lowest BCUT2D eigenvalue weighted by Gasteiger charge is -2.25. The highest BCUT2D eigenvalue weighted by molar-refractivity contribution is 5.92. The molecule has 5 heteroatoms. The molecule has 1 fully saturated rings. The molecule has 136 valence electrons. The number of hydrogen-bond acceptors (Lipinski definition) is 4. The summed E-state index contributed by atoms with van der Waals surface area (Å²) in [5.41, 5.74) is 0.669. The van der Waals surface area contributed by atoms with Crippen LogP contribution in [0.25, 0.3) is 6.08 Å². The van der Waals surface area contributed by atoms with Gasteiger partial charge >= 0.3 is 6.16 Å². The van der Waals surface area contributed by atoms with E-state index < -0.39 is 6.16 Å². The van der Waals surface area contributed by atoms with Crippen molar-refractivity contribution in [1.29, 1.82) is 0 Å². The number of rotatable bonds is 5. The van der Waals surface area contributed by atoms with Crippen LogP contribution in [-0.2, 0) is 9.53 Å². The Labute approximate surface area is 149 Å². The molecule has 0 bridgehead atoms. The van der Waals surface area contributed by atoms with Crippen LogP contribution in [0.1, 0.15) is 45.6 Å². The van der Waals surface area contributed by atoms with E-state index in [0.29, 0.717) is 11.3 Å². The van der Waals surface area contributed by atoms with E-state index in [4.69, 9.17) is 9.47 Å². The molecule has 5 nitrogen and oxygen atoms in total. The van der Waals surface area contributed by atoms with E-state index in [1.165, 1.54) is 12.5 Å². The number of carbonyl (C=O) groups is 2. The molecule has 0 aromatic heterocycles. The Bertz CT molecular complexity index is 618. The highest BCUT2D eigenvalue weighted by Gasteiger charge is 2.16. The molecule has 25 heavy (non-hydrogen) atoms.